The van der Waals surface area contributed by atoms with Gasteiger partial charge in [-0.1, -0.05) is 36.4 Å². The third-order valence-electron chi connectivity index (χ3n) is 4.71. The molecule has 6 nitrogen and oxygen atoms in total. The molecule has 1 N–H and O–H groups in total. The van der Waals surface area contributed by atoms with Gasteiger partial charge in [-0.25, -0.2) is 0 Å². The molecule has 0 saturated heterocycles. The van der Waals surface area contributed by atoms with Crippen LogP contribution in [0.15, 0.2) is 85.3 Å². The Morgan fingerprint density at radius 1 is 1.00 bits per heavy atom. The first-order chi connectivity index (χ1) is 14.7. The molecule has 0 aliphatic carbocycles. The number of rotatable bonds is 7. The first-order valence-corrected chi connectivity index (χ1v) is 9.66. The van der Waals surface area contributed by atoms with Crippen LogP contribution in [0.5, 0.6) is 5.75 Å². The number of pyridine rings is 1. The van der Waals surface area contributed by atoms with Gasteiger partial charge < -0.3 is 10.1 Å². The minimum atomic E-state index is -0.161. The summed E-state index contributed by atoms with van der Waals surface area (Å²) in [5, 5.41) is 7.13. The zero-order valence-electron chi connectivity index (χ0n) is 16.7. The van der Waals surface area contributed by atoms with E-state index in [1.54, 1.807) is 35.4 Å². The number of ether oxygens (including phenoxy) is 1. The van der Waals surface area contributed by atoms with Gasteiger partial charge in [0.05, 0.1) is 5.69 Å². The van der Waals surface area contributed by atoms with E-state index >= 15 is 0 Å². The van der Waals surface area contributed by atoms with Crippen LogP contribution < -0.4 is 10.1 Å². The van der Waals surface area contributed by atoms with E-state index in [1.165, 1.54) is 0 Å². The Morgan fingerprint density at radius 2 is 1.87 bits per heavy atom. The predicted octanol–water partition coefficient (Wildman–Crippen LogP) is 3.99. The van der Waals surface area contributed by atoms with Crippen molar-refractivity contribution in [2.75, 3.05) is 0 Å². The highest BCUT2D eigenvalue weighted by atomic mass is 16.5. The summed E-state index contributed by atoms with van der Waals surface area (Å²) < 4.78 is 7.61. The zero-order chi connectivity index (χ0) is 20.8. The van der Waals surface area contributed by atoms with E-state index in [9.17, 15) is 4.79 Å². The van der Waals surface area contributed by atoms with Crippen LogP contribution in [0.2, 0.25) is 0 Å². The van der Waals surface area contributed by atoms with Crippen LogP contribution in [-0.4, -0.2) is 20.7 Å². The molecule has 1 amide bonds. The Bertz CT molecular complexity index is 1140. The van der Waals surface area contributed by atoms with Gasteiger partial charge in [-0.2, -0.15) is 5.10 Å². The molecule has 2 heterocycles. The van der Waals surface area contributed by atoms with Crippen molar-refractivity contribution < 1.29 is 9.53 Å². The number of aromatic nitrogens is 3. The third-order valence-corrected chi connectivity index (χ3v) is 4.71. The summed E-state index contributed by atoms with van der Waals surface area (Å²) in [6, 6.07) is 21.1. The van der Waals surface area contributed by atoms with Gasteiger partial charge in [-0.15, -0.1) is 0 Å². The number of carbonyl (C=O) groups excluding carboxylic acids is 1. The van der Waals surface area contributed by atoms with E-state index in [0.717, 1.165) is 22.4 Å². The van der Waals surface area contributed by atoms with Gasteiger partial charge in [0.2, 0.25) is 0 Å². The van der Waals surface area contributed by atoms with Crippen molar-refractivity contribution in [1.82, 2.24) is 20.1 Å². The monoisotopic (exact) mass is 398 g/mol. The first kappa shape index (κ1) is 19.4. The molecular formula is C24H22N4O2. The van der Waals surface area contributed by atoms with Gasteiger partial charge in [-0.3, -0.25) is 14.5 Å². The molecular weight excluding hydrogens is 376 g/mol. The van der Waals surface area contributed by atoms with Gasteiger partial charge >= 0.3 is 0 Å². The molecule has 4 rings (SSSR count). The summed E-state index contributed by atoms with van der Waals surface area (Å²) in [4.78, 5) is 16.9. The smallest absolute Gasteiger partial charge is 0.251 e. The summed E-state index contributed by atoms with van der Waals surface area (Å²) in [6.07, 6.45) is 5.28. The second-order valence-corrected chi connectivity index (χ2v) is 6.91. The molecule has 0 saturated carbocycles. The maximum atomic E-state index is 12.6. The summed E-state index contributed by atoms with van der Waals surface area (Å²) >= 11 is 0. The Labute approximate surface area is 175 Å². The highest BCUT2D eigenvalue weighted by molar-refractivity contribution is 5.94. The number of nitrogens with zero attached hydrogens (tertiary/aromatic N) is 3. The SMILES string of the molecule is Cn1nccc1-c1cncc(CNC(=O)c2cccc(OCc3ccccc3)c2)c1. The Hall–Kier alpha value is -3.93. The van der Waals surface area contributed by atoms with Crippen LogP contribution in [0, 0.1) is 0 Å². The second-order valence-electron chi connectivity index (χ2n) is 6.91. The Kier molecular flexibility index (Phi) is 5.85. The normalized spacial score (nSPS) is 10.6. The molecule has 0 bridgehead atoms. The number of hydrogen-bond donors (Lipinski definition) is 1. The van der Waals surface area contributed by atoms with Gasteiger partial charge in [0.15, 0.2) is 0 Å². The topological polar surface area (TPSA) is 69.0 Å². The fraction of sp³-hybridized carbons (Fsp3) is 0.125. The van der Waals surface area contributed by atoms with Crippen LogP contribution in [0.3, 0.4) is 0 Å². The van der Waals surface area contributed by atoms with Crippen molar-refractivity contribution >= 4 is 5.91 Å². The molecule has 0 atom stereocenters. The van der Waals surface area contributed by atoms with Crippen LogP contribution in [0.4, 0.5) is 0 Å². The average molecular weight is 398 g/mol. The zero-order valence-corrected chi connectivity index (χ0v) is 16.7. The molecule has 0 unspecified atom stereocenters. The molecule has 0 spiro atoms. The Morgan fingerprint density at radius 3 is 2.67 bits per heavy atom. The molecule has 0 aliphatic rings. The van der Waals surface area contributed by atoms with Crippen molar-refractivity contribution in [1.29, 1.82) is 0 Å². The highest BCUT2D eigenvalue weighted by Gasteiger charge is 2.09. The van der Waals surface area contributed by atoms with Crippen molar-refractivity contribution in [3.05, 3.63) is 102 Å². The molecule has 2 aromatic carbocycles. The lowest BCUT2D eigenvalue weighted by molar-refractivity contribution is 0.0950. The van der Waals surface area contributed by atoms with Crippen LogP contribution in [0.25, 0.3) is 11.3 Å². The van der Waals surface area contributed by atoms with Crippen molar-refractivity contribution in [2.45, 2.75) is 13.2 Å². The minimum Gasteiger partial charge on any atom is -0.489 e. The summed E-state index contributed by atoms with van der Waals surface area (Å²) in [6.45, 7) is 0.838. The molecule has 0 aliphatic heterocycles. The largest absolute Gasteiger partial charge is 0.489 e. The molecule has 6 heteroatoms. The van der Waals surface area contributed by atoms with Crippen LogP contribution in [-0.2, 0) is 20.2 Å². The molecule has 2 aromatic heterocycles. The average Bonchev–Trinajstić information content (AvgIpc) is 3.23. The fourth-order valence-corrected chi connectivity index (χ4v) is 3.13. The number of amides is 1. The van der Waals surface area contributed by atoms with E-state index in [0.29, 0.717) is 24.5 Å². The van der Waals surface area contributed by atoms with E-state index in [4.69, 9.17) is 4.74 Å². The van der Waals surface area contributed by atoms with E-state index in [2.05, 4.69) is 15.4 Å². The Balaban J connectivity index is 1.38. The molecule has 0 fully saturated rings. The van der Waals surface area contributed by atoms with Gasteiger partial charge in [0.25, 0.3) is 5.91 Å². The lowest BCUT2D eigenvalue weighted by Gasteiger charge is -2.10. The minimum absolute atomic E-state index is 0.161. The third kappa shape index (κ3) is 4.72. The van der Waals surface area contributed by atoms with Crippen molar-refractivity contribution in [3.8, 4) is 17.0 Å². The quantitative estimate of drug-likeness (QED) is 0.511. The molecule has 30 heavy (non-hydrogen) atoms. The van der Waals surface area contributed by atoms with E-state index in [-0.39, 0.29) is 5.91 Å². The maximum absolute atomic E-state index is 12.6. The van der Waals surface area contributed by atoms with E-state index < -0.39 is 0 Å². The number of hydrogen-bond acceptors (Lipinski definition) is 4. The molecule has 4 aromatic rings. The maximum Gasteiger partial charge on any atom is 0.251 e. The van der Waals surface area contributed by atoms with Gasteiger partial charge in [-0.05, 0) is 41.5 Å². The number of benzene rings is 2. The number of nitrogens with one attached hydrogen (secondary N) is 1. The predicted molar refractivity (Wildman–Crippen MR) is 115 cm³/mol. The lowest BCUT2D eigenvalue weighted by Crippen LogP contribution is -2.22. The number of aryl methyl sites for hydroxylation is 1. The summed E-state index contributed by atoms with van der Waals surface area (Å²) in [5.41, 5.74) is 4.47. The van der Waals surface area contributed by atoms with Crippen LogP contribution in [0.1, 0.15) is 21.5 Å². The van der Waals surface area contributed by atoms with Crippen molar-refractivity contribution in [2.24, 2.45) is 7.05 Å². The lowest BCUT2D eigenvalue weighted by atomic mass is 10.1. The molecule has 150 valence electrons. The van der Waals surface area contributed by atoms with Crippen molar-refractivity contribution in [3.63, 3.8) is 0 Å². The standard InChI is InChI=1S/C24H22N4O2/c1-28-23(10-11-27-28)21-12-19(14-25-16-21)15-26-24(29)20-8-5-9-22(13-20)30-17-18-6-3-2-4-7-18/h2-14,16H,15,17H2,1H3,(H,26,29). The fourth-order valence-electron chi connectivity index (χ4n) is 3.13. The second kappa shape index (κ2) is 9.05. The summed E-state index contributed by atoms with van der Waals surface area (Å²) in [7, 11) is 1.89. The first-order valence-electron chi connectivity index (χ1n) is 9.66. The number of carbonyl (C=O) groups is 1. The highest BCUT2D eigenvalue weighted by Crippen LogP contribution is 2.19. The molecule has 0 radical (unpaired) electrons. The van der Waals surface area contributed by atoms with Crippen LogP contribution >= 0.6 is 0 Å². The van der Waals surface area contributed by atoms with Gasteiger partial charge in [0.1, 0.15) is 12.4 Å². The summed E-state index contributed by atoms with van der Waals surface area (Å²) in [5.74, 6) is 0.498. The van der Waals surface area contributed by atoms with E-state index in [1.807, 2.05) is 61.6 Å². The van der Waals surface area contributed by atoms with Gasteiger partial charge in [0, 0.05) is 43.3 Å².